The van der Waals surface area contributed by atoms with Crippen molar-refractivity contribution in [1.82, 2.24) is 9.97 Å². The number of nitrogens with two attached hydrogens (primary N) is 1. The van der Waals surface area contributed by atoms with E-state index in [1.165, 1.54) is 24.5 Å². The van der Waals surface area contributed by atoms with Crippen LogP contribution in [0.5, 0.6) is 0 Å². The monoisotopic (exact) mass is 272 g/mol. The van der Waals surface area contributed by atoms with Gasteiger partial charge in [-0.3, -0.25) is 0 Å². The molecule has 0 aliphatic carbocycles. The quantitative estimate of drug-likeness (QED) is 0.848. The van der Waals surface area contributed by atoms with Crippen LogP contribution in [-0.2, 0) is 11.3 Å². The lowest BCUT2D eigenvalue weighted by Crippen LogP contribution is -2.12. The van der Waals surface area contributed by atoms with Crippen LogP contribution in [0.25, 0.3) is 0 Å². The topological polar surface area (TPSA) is 102 Å². The fourth-order valence-corrected chi connectivity index (χ4v) is 1.45. The van der Waals surface area contributed by atoms with E-state index >= 15 is 0 Å². The van der Waals surface area contributed by atoms with Crippen molar-refractivity contribution in [1.29, 1.82) is 5.26 Å². The van der Waals surface area contributed by atoms with Gasteiger partial charge in [-0.1, -0.05) is 6.07 Å². The van der Waals surface area contributed by atoms with Gasteiger partial charge < -0.3 is 10.5 Å². The third-order valence-electron chi connectivity index (χ3n) is 2.46. The Bertz CT molecular complexity index is 697. The van der Waals surface area contributed by atoms with Gasteiger partial charge in [0.15, 0.2) is 11.5 Å². The van der Waals surface area contributed by atoms with Crippen molar-refractivity contribution in [2.45, 2.75) is 6.61 Å². The van der Waals surface area contributed by atoms with Crippen LogP contribution in [0.2, 0.25) is 0 Å². The molecule has 1 aromatic heterocycles. The van der Waals surface area contributed by atoms with E-state index in [0.29, 0.717) is 0 Å². The van der Waals surface area contributed by atoms with Crippen LogP contribution >= 0.6 is 0 Å². The molecule has 0 saturated carbocycles. The summed E-state index contributed by atoms with van der Waals surface area (Å²) in [5.74, 6) is -1.47. The smallest absolute Gasteiger partial charge is 0.361 e. The summed E-state index contributed by atoms with van der Waals surface area (Å²) in [6.45, 7) is -0.285. The Morgan fingerprint density at radius 3 is 2.80 bits per heavy atom. The summed E-state index contributed by atoms with van der Waals surface area (Å²) in [7, 11) is 0. The maximum atomic E-state index is 13.6. The van der Waals surface area contributed by atoms with Gasteiger partial charge in [0.1, 0.15) is 12.4 Å². The predicted molar refractivity (Wildman–Crippen MR) is 66.7 cm³/mol. The van der Waals surface area contributed by atoms with E-state index in [1.54, 1.807) is 0 Å². The summed E-state index contributed by atoms with van der Waals surface area (Å²) in [4.78, 5) is 19.1. The van der Waals surface area contributed by atoms with Crippen molar-refractivity contribution < 1.29 is 13.9 Å². The van der Waals surface area contributed by atoms with E-state index < -0.39 is 11.8 Å². The molecule has 1 heterocycles. The molecular formula is C13H9FN4O2. The molecule has 1 aromatic carbocycles. The van der Waals surface area contributed by atoms with Gasteiger partial charge in [0, 0.05) is 18.0 Å². The summed E-state index contributed by atoms with van der Waals surface area (Å²) >= 11 is 0. The highest BCUT2D eigenvalue weighted by atomic mass is 19.1. The SMILES string of the molecule is N#Cc1ccc(COC(=O)c2nccnc2N)c(F)c1. The highest BCUT2D eigenvalue weighted by molar-refractivity contribution is 5.91. The maximum absolute atomic E-state index is 13.6. The molecule has 2 N–H and O–H groups in total. The van der Waals surface area contributed by atoms with Gasteiger partial charge in [-0.15, -0.1) is 0 Å². The first-order valence-corrected chi connectivity index (χ1v) is 5.54. The summed E-state index contributed by atoms with van der Waals surface area (Å²) in [6, 6.07) is 5.69. The largest absolute Gasteiger partial charge is 0.456 e. The van der Waals surface area contributed by atoms with Gasteiger partial charge in [-0.2, -0.15) is 5.26 Å². The molecule has 2 aromatic rings. The molecular weight excluding hydrogens is 263 g/mol. The zero-order valence-corrected chi connectivity index (χ0v) is 10.2. The first-order valence-electron chi connectivity index (χ1n) is 5.54. The Morgan fingerprint density at radius 1 is 1.40 bits per heavy atom. The van der Waals surface area contributed by atoms with E-state index in [9.17, 15) is 9.18 Å². The molecule has 0 unspecified atom stereocenters. The second kappa shape index (κ2) is 5.75. The molecule has 6 nitrogen and oxygen atoms in total. The van der Waals surface area contributed by atoms with Crippen LogP contribution in [0.3, 0.4) is 0 Å². The van der Waals surface area contributed by atoms with E-state index in [-0.39, 0.29) is 29.2 Å². The number of hydrogen-bond donors (Lipinski definition) is 1. The molecule has 0 saturated heterocycles. The third-order valence-corrected chi connectivity index (χ3v) is 2.46. The number of anilines is 1. The van der Waals surface area contributed by atoms with Crippen molar-refractivity contribution in [2.75, 3.05) is 5.73 Å². The second-order valence-electron chi connectivity index (χ2n) is 3.78. The number of nitriles is 1. The second-order valence-corrected chi connectivity index (χ2v) is 3.78. The van der Waals surface area contributed by atoms with Gasteiger partial charge in [-0.05, 0) is 12.1 Å². The molecule has 0 spiro atoms. The molecule has 0 aliphatic rings. The minimum Gasteiger partial charge on any atom is -0.456 e. The van der Waals surface area contributed by atoms with Crippen LogP contribution in [-0.4, -0.2) is 15.9 Å². The van der Waals surface area contributed by atoms with Gasteiger partial charge in [0.25, 0.3) is 0 Å². The van der Waals surface area contributed by atoms with Crippen molar-refractivity contribution in [3.05, 3.63) is 53.2 Å². The average Bonchev–Trinajstić information content (AvgIpc) is 2.46. The number of carbonyl (C=O) groups is 1. The molecule has 100 valence electrons. The third kappa shape index (κ3) is 2.87. The first kappa shape index (κ1) is 13.4. The number of esters is 1. The lowest BCUT2D eigenvalue weighted by atomic mass is 10.1. The van der Waals surface area contributed by atoms with Crippen LogP contribution in [0, 0.1) is 17.1 Å². The van der Waals surface area contributed by atoms with Gasteiger partial charge in [0.05, 0.1) is 11.6 Å². The van der Waals surface area contributed by atoms with Crippen molar-refractivity contribution >= 4 is 11.8 Å². The Balaban J connectivity index is 2.08. The van der Waals surface area contributed by atoms with E-state index in [0.717, 1.165) is 6.07 Å². The highest BCUT2D eigenvalue weighted by Crippen LogP contribution is 2.13. The summed E-state index contributed by atoms with van der Waals surface area (Å²) in [6.07, 6.45) is 2.64. The number of aromatic nitrogens is 2. The van der Waals surface area contributed by atoms with E-state index in [1.807, 2.05) is 6.07 Å². The zero-order valence-electron chi connectivity index (χ0n) is 10.2. The van der Waals surface area contributed by atoms with Gasteiger partial charge in [0.2, 0.25) is 0 Å². The number of nitrogen functional groups attached to an aromatic ring is 1. The number of benzene rings is 1. The molecule has 0 fully saturated rings. The summed E-state index contributed by atoms with van der Waals surface area (Å²) < 4.78 is 18.5. The van der Waals surface area contributed by atoms with Crippen LogP contribution < -0.4 is 5.73 Å². The number of nitrogens with zero attached hydrogens (tertiary/aromatic N) is 3. The standard InChI is InChI=1S/C13H9FN4O2/c14-10-5-8(6-15)1-2-9(10)7-20-13(19)11-12(16)18-4-3-17-11/h1-5H,7H2,(H2,16,18). The fourth-order valence-electron chi connectivity index (χ4n) is 1.45. The molecule has 2 rings (SSSR count). The number of ether oxygens (including phenoxy) is 1. The maximum Gasteiger partial charge on any atom is 0.361 e. The Labute approximate surface area is 113 Å². The lowest BCUT2D eigenvalue weighted by Gasteiger charge is -2.06. The molecule has 7 heteroatoms. The van der Waals surface area contributed by atoms with Crippen molar-refractivity contribution in [3.8, 4) is 6.07 Å². The molecule has 20 heavy (non-hydrogen) atoms. The van der Waals surface area contributed by atoms with Crippen LogP contribution in [0.1, 0.15) is 21.6 Å². The molecule has 0 radical (unpaired) electrons. The van der Waals surface area contributed by atoms with E-state index in [2.05, 4.69) is 9.97 Å². The fraction of sp³-hybridized carbons (Fsp3) is 0.0769. The van der Waals surface area contributed by atoms with Crippen LogP contribution in [0.15, 0.2) is 30.6 Å². The van der Waals surface area contributed by atoms with Crippen molar-refractivity contribution in [2.24, 2.45) is 0 Å². The Morgan fingerprint density at radius 2 is 2.15 bits per heavy atom. The van der Waals surface area contributed by atoms with Gasteiger partial charge >= 0.3 is 5.97 Å². The van der Waals surface area contributed by atoms with E-state index in [4.69, 9.17) is 15.7 Å². The summed E-state index contributed by atoms with van der Waals surface area (Å²) in [5.41, 5.74) is 5.69. The first-order chi connectivity index (χ1) is 9.61. The lowest BCUT2D eigenvalue weighted by molar-refractivity contribution is 0.0463. The zero-order chi connectivity index (χ0) is 14.5. The number of carbonyl (C=O) groups excluding carboxylic acids is 1. The molecule has 0 bridgehead atoms. The summed E-state index contributed by atoms with van der Waals surface area (Å²) in [5, 5.41) is 8.62. The number of hydrogen-bond acceptors (Lipinski definition) is 6. The molecule has 0 atom stereocenters. The minimum absolute atomic E-state index is 0.0576. The minimum atomic E-state index is -0.792. The van der Waals surface area contributed by atoms with Crippen molar-refractivity contribution in [3.63, 3.8) is 0 Å². The molecule has 0 aliphatic heterocycles. The highest BCUT2D eigenvalue weighted by Gasteiger charge is 2.14. The molecule has 0 amide bonds. The Kier molecular flexibility index (Phi) is 3.86. The van der Waals surface area contributed by atoms with Gasteiger partial charge in [-0.25, -0.2) is 19.2 Å². The Hall–Kier alpha value is -3.01. The van der Waals surface area contributed by atoms with Crippen LogP contribution in [0.4, 0.5) is 10.2 Å². The number of rotatable bonds is 3. The average molecular weight is 272 g/mol. The normalized spacial score (nSPS) is 9.80. The predicted octanol–water partition coefficient (Wildman–Crippen LogP) is 1.43. The number of halogens is 1.